The highest BCUT2D eigenvalue weighted by Crippen LogP contribution is 2.35. The number of aromatic nitrogens is 4. The summed E-state index contributed by atoms with van der Waals surface area (Å²) in [5, 5.41) is 5.85. The number of esters is 1. The number of benzene rings is 1. The number of likely N-dealkylation sites (tertiary alicyclic amines) is 1. The molecule has 3 aliphatic heterocycles. The first-order chi connectivity index (χ1) is 17.5. The van der Waals surface area contributed by atoms with Crippen molar-refractivity contribution < 1.29 is 14.3 Å². The maximum absolute atomic E-state index is 11.9. The second kappa shape index (κ2) is 11.8. The average molecular weight is 559 g/mol. The number of fused-ring (bicyclic) bond motifs is 3. The molecule has 6 rings (SSSR count). The van der Waals surface area contributed by atoms with Crippen molar-refractivity contribution >= 4 is 49.7 Å². The van der Waals surface area contributed by atoms with E-state index in [9.17, 15) is 4.79 Å². The van der Waals surface area contributed by atoms with Crippen LogP contribution in [-0.2, 0) is 14.3 Å². The summed E-state index contributed by atoms with van der Waals surface area (Å²) in [7, 11) is 0. The molecule has 2 bridgehead atoms. The Morgan fingerprint density at radius 1 is 1.11 bits per heavy atom. The summed E-state index contributed by atoms with van der Waals surface area (Å²) >= 11 is 0. The van der Waals surface area contributed by atoms with Crippen LogP contribution in [0.15, 0.2) is 24.4 Å². The number of rotatable bonds is 6. The summed E-state index contributed by atoms with van der Waals surface area (Å²) in [5.74, 6) is 2.83. The predicted molar refractivity (Wildman–Crippen MR) is 157 cm³/mol. The van der Waals surface area contributed by atoms with Gasteiger partial charge in [-0.1, -0.05) is 0 Å². The fraction of sp³-hybridized carbons (Fsp3) is 0.556. The van der Waals surface area contributed by atoms with Crippen molar-refractivity contribution in [3.63, 3.8) is 0 Å². The quantitative estimate of drug-likeness (QED) is 0.426. The summed E-state index contributed by atoms with van der Waals surface area (Å²) in [6, 6.07) is 7.00. The molecular formula is C27H38N6O3S2. The number of aryl methyl sites for hydroxylation is 2. The van der Waals surface area contributed by atoms with Crippen molar-refractivity contribution in [2.24, 2.45) is 0 Å². The van der Waals surface area contributed by atoms with E-state index in [0.29, 0.717) is 31.2 Å². The summed E-state index contributed by atoms with van der Waals surface area (Å²) < 4.78 is 12.9. The zero-order valence-electron chi connectivity index (χ0n) is 22.3. The minimum atomic E-state index is -0.133. The Labute approximate surface area is 237 Å². The molecule has 3 fully saturated rings. The van der Waals surface area contributed by atoms with Gasteiger partial charge >= 0.3 is 5.97 Å². The van der Waals surface area contributed by atoms with Crippen molar-refractivity contribution in [2.75, 3.05) is 44.3 Å². The van der Waals surface area contributed by atoms with E-state index in [1.165, 1.54) is 11.1 Å². The van der Waals surface area contributed by atoms with E-state index in [2.05, 4.69) is 34.9 Å². The van der Waals surface area contributed by atoms with Crippen molar-refractivity contribution in [1.82, 2.24) is 24.6 Å². The number of hydrogen-bond donors (Lipinski definition) is 0. The average Bonchev–Trinajstić information content (AvgIpc) is 3.60. The van der Waals surface area contributed by atoms with Crippen LogP contribution in [0.1, 0.15) is 49.1 Å². The lowest BCUT2D eigenvalue weighted by Crippen LogP contribution is -2.37. The highest BCUT2D eigenvalue weighted by molar-refractivity contribution is 7.59. The zero-order valence-corrected chi connectivity index (χ0v) is 24.3. The summed E-state index contributed by atoms with van der Waals surface area (Å²) in [6.07, 6.45) is 5.36. The van der Waals surface area contributed by atoms with E-state index in [1.807, 2.05) is 24.7 Å². The number of morpholine rings is 1. The van der Waals surface area contributed by atoms with Gasteiger partial charge in [-0.2, -0.15) is 32.1 Å². The molecule has 0 N–H and O–H groups in total. The molecule has 11 heteroatoms. The normalized spacial score (nSPS) is 21.4. The monoisotopic (exact) mass is 558 g/mol. The molecule has 2 atom stereocenters. The van der Waals surface area contributed by atoms with Gasteiger partial charge in [0.05, 0.1) is 43.6 Å². The number of carbonyl (C=O) groups excluding carboxylic acids is 1. The van der Waals surface area contributed by atoms with Gasteiger partial charge in [0.25, 0.3) is 0 Å². The Hall–Kier alpha value is -2.34. The topological polar surface area (TPSA) is 85.6 Å². The van der Waals surface area contributed by atoms with Crippen LogP contribution in [0.3, 0.4) is 0 Å². The Kier molecular flexibility index (Phi) is 8.91. The maximum Gasteiger partial charge on any atom is 0.320 e. The third kappa shape index (κ3) is 5.52. The second-order valence-corrected chi connectivity index (χ2v) is 10.3. The first-order valence-electron chi connectivity index (χ1n) is 13.1. The molecule has 206 valence electrons. The molecule has 2 unspecified atom stereocenters. The molecule has 0 saturated carbocycles. The van der Waals surface area contributed by atoms with Gasteiger partial charge in [0.1, 0.15) is 11.6 Å². The van der Waals surface area contributed by atoms with Crippen molar-refractivity contribution in [2.45, 2.75) is 58.1 Å². The van der Waals surface area contributed by atoms with Crippen molar-refractivity contribution in [1.29, 1.82) is 0 Å². The Balaban J connectivity index is 0.00000168. The number of ether oxygens (including phenoxy) is 2. The van der Waals surface area contributed by atoms with Crippen LogP contribution in [0, 0.1) is 13.8 Å². The highest BCUT2D eigenvalue weighted by Gasteiger charge is 2.40. The number of piperidine rings is 1. The molecule has 0 spiro atoms. The number of anilines is 1. The molecule has 5 heterocycles. The van der Waals surface area contributed by atoms with Gasteiger partial charge in [0.2, 0.25) is 0 Å². The molecule has 38 heavy (non-hydrogen) atoms. The highest BCUT2D eigenvalue weighted by atomic mass is 32.1. The maximum atomic E-state index is 11.9. The van der Waals surface area contributed by atoms with Crippen molar-refractivity contribution in [3.05, 3.63) is 41.3 Å². The van der Waals surface area contributed by atoms with E-state index in [4.69, 9.17) is 24.5 Å². The van der Waals surface area contributed by atoms with E-state index >= 15 is 0 Å². The van der Waals surface area contributed by atoms with Crippen molar-refractivity contribution in [3.8, 4) is 5.82 Å². The minimum Gasteiger partial charge on any atom is -0.465 e. The molecule has 3 aliphatic rings. The number of hydrogen-bond acceptors (Lipinski definition) is 8. The van der Waals surface area contributed by atoms with Gasteiger partial charge in [-0.3, -0.25) is 9.69 Å². The first-order valence-corrected chi connectivity index (χ1v) is 13.1. The lowest BCUT2D eigenvalue weighted by molar-refractivity contribution is -0.144. The van der Waals surface area contributed by atoms with E-state index in [-0.39, 0.29) is 33.0 Å². The molecule has 0 radical (unpaired) electrons. The SMILES string of the molecule is CCOC(=O)CN1CCC(c2cc3c(cnn3-c3cc(N4CC5CC4CO5)nc(C)n3)cc2C)CC1.S.S. The lowest BCUT2D eigenvalue weighted by Gasteiger charge is -2.32. The zero-order chi connectivity index (χ0) is 24.8. The standard InChI is InChI=1S/C27H34N6O3.2H2S/c1-4-35-27(34)15-31-7-5-19(6-8-31)23-11-24-20(9-17(23)2)13-28-33(24)26-12-25(29-18(3)30-26)32-14-22-10-21(32)16-36-22;;/h9,11-13,19,21-22H,4-8,10,14-16H2,1-3H3;2*1H2. The van der Waals surface area contributed by atoms with Gasteiger partial charge < -0.3 is 14.4 Å². The third-order valence-corrected chi connectivity index (χ3v) is 7.86. The van der Waals surface area contributed by atoms with Gasteiger partial charge in [-0.05, 0) is 82.3 Å². The summed E-state index contributed by atoms with van der Waals surface area (Å²) in [5.41, 5.74) is 3.72. The number of nitrogens with zero attached hydrogens (tertiary/aromatic N) is 6. The van der Waals surface area contributed by atoms with E-state index < -0.39 is 0 Å². The van der Waals surface area contributed by atoms with Crippen LogP contribution in [0.25, 0.3) is 16.7 Å². The van der Waals surface area contributed by atoms with E-state index in [1.54, 1.807) is 0 Å². The molecule has 3 saturated heterocycles. The van der Waals surface area contributed by atoms with Gasteiger partial charge in [0.15, 0.2) is 5.82 Å². The molecule has 0 aliphatic carbocycles. The van der Waals surface area contributed by atoms with Crippen LogP contribution in [0.4, 0.5) is 5.82 Å². The molecule has 9 nitrogen and oxygen atoms in total. The minimum absolute atomic E-state index is 0. The van der Waals surface area contributed by atoms with Crippen LogP contribution >= 0.6 is 27.0 Å². The van der Waals surface area contributed by atoms with Gasteiger partial charge in [-0.15, -0.1) is 0 Å². The smallest absolute Gasteiger partial charge is 0.320 e. The fourth-order valence-electron chi connectivity index (χ4n) is 6.09. The molecule has 0 amide bonds. The molecule has 2 aromatic heterocycles. The Morgan fingerprint density at radius 3 is 2.55 bits per heavy atom. The molecule has 1 aromatic carbocycles. The largest absolute Gasteiger partial charge is 0.465 e. The first kappa shape index (κ1) is 28.7. The summed E-state index contributed by atoms with van der Waals surface area (Å²) in [4.78, 5) is 26.0. The van der Waals surface area contributed by atoms with E-state index in [0.717, 1.165) is 73.9 Å². The lowest BCUT2D eigenvalue weighted by atomic mass is 9.86. The molecule has 3 aromatic rings. The Morgan fingerprint density at radius 2 is 1.87 bits per heavy atom. The molecular weight excluding hydrogens is 520 g/mol. The van der Waals surface area contributed by atoms with Crippen LogP contribution in [-0.4, -0.2) is 82.2 Å². The van der Waals surface area contributed by atoms with Crippen LogP contribution < -0.4 is 4.90 Å². The fourth-order valence-corrected chi connectivity index (χ4v) is 6.09. The third-order valence-electron chi connectivity index (χ3n) is 7.86. The second-order valence-electron chi connectivity index (χ2n) is 10.3. The Bertz CT molecular complexity index is 1290. The van der Waals surface area contributed by atoms with Gasteiger partial charge in [0, 0.05) is 18.0 Å². The summed E-state index contributed by atoms with van der Waals surface area (Å²) in [6.45, 7) is 10.3. The van der Waals surface area contributed by atoms with Crippen LogP contribution in [0.2, 0.25) is 0 Å². The van der Waals surface area contributed by atoms with Crippen LogP contribution in [0.5, 0.6) is 0 Å². The predicted octanol–water partition coefficient (Wildman–Crippen LogP) is 3.38. The van der Waals surface area contributed by atoms with Gasteiger partial charge in [-0.25, -0.2) is 14.6 Å². The number of carbonyl (C=O) groups is 1.